The number of hydrogen-bond acceptors (Lipinski definition) is 2. The minimum Gasteiger partial charge on any atom is -0.355 e. The normalized spacial score (nSPS) is 8.92. The SMILES string of the molecule is CNC(=O)c1cccc(CC#N)c1. The third kappa shape index (κ3) is 2.31. The van der Waals surface area contributed by atoms with Gasteiger partial charge in [-0.3, -0.25) is 4.79 Å². The van der Waals surface area contributed by atoms with Gasteiger partial charge in [0, 0.05) is 12.6 Å². The molecule has 1 N–H and O–H groups in total. The minimum absolute atomic E-state index is 0.125. The van der Waals surface area contributed by atoms with Crippen LogP contribution in [0, 0.1) is 11.3 Å². The Balaban J connectivity index is 2.93. The van der Waals surface area contributed by atoms with E-state index in [9.17, 15) is 4.79 Å². The van der Waals surface area contributed by atoms with Gasteiger partial charge in [0.25, 0.3) is 5.91 Å². The average Bonchev–Trinajstić information content (AvgIpc) is 2.18. The lowest BCUT2D eigenvalue weighted by atomic mass is 10.1. The highest BCUT2D eigenvalue weighted by Gasteiger charge is 2.02. The smallest absolute Gasteiger partial charge is 0.251 e. The standard InChI is InChI=1S/C10H10N2O/c1-12-10(13)9-4-2-3-8(7-9)5-6-11/h2-4,7H,5H2,1H3,(H,12,13). The highest BCUT2D eigenvalue weighted by molar-refractivity contribution is 5.94. The molecule has 0 aliphatic heterocycles. The fraction of sp³-hybridized carbons (Fsp3) is 0.200. The predicted octanol–water partition coefficient (Wildman–Crippen LogP) is 1.11. The lowest BCUT2D eigenvalue weighted by molar-refractivity contribution is 0.0963. The van der Waals surface area contributed by atoms with Crippen LogP contribution >= 0.6 is 0 Å². The summed E-state index contributed by atoms with van der Waals surface area (Å²) in [4.78, 5) is 11.2. The summed E-state index contributed by atoms with van der Waals surface area (Å²) >= 11 is 0. The Kier molecular flexibility index (Phi) is 3.04. The van der Waals surface area contributed by atoms with Crippen LogP contribution in [0.3, 0.4) is 0 Å². The molecule has 0 radical (unpaired) electrons. The second-order valence-corrected chi connectivity index (χ2v) is 2.61. The lowest BCUT2D eigenvalue weighted by Crippen LogP contribution is -2.17. The molecular formula is C10H10N2O. The number of carbonyl (C=O) groups is 1. The van der Waals surface area contributed by atoms with Gasteiger partial charge in [0.05, 0.1) is 12.5 Å². The molecule has 0 aromatic heterocycles. The lowest BCUT2D eigenvalue weighted by Gasteiger charge is -2.00. The second kappa shape index (κ2) is 4.27. The fourth-order valence-corrected chi connectivity index (χ4v) is 1.06. The van der Waals surface area contributed by atoms with Crippen LogP contribution < -0.4 is 5.32 Å². The molecule has 1 aromatic rings. The largest absolute Gasteiger partial charge is 0.355 e. The van der Waals surface area contributed by atoms with Crippen molar-refractivity contribution in [2.75, 3.05) is 7.05 Å². The fourth-order valence-electron chi connectivity index (χ4n) is 1.06. The first-order valence-corrected chi connectivity index (χ1v) is 3.96. The summed E-state index contributed by atoms with van der Waals surface area (Å²) in [7, 11) is 1.58. The van der Waals surface area contributed by atoms with E-state index in [4.69, 9.17) is 5.26 Å². The Morgan fingerprint density at radius 1 is 1.62 bits per heavy atom. The van der Waals surface area contributed by atoms with Crippen LogP contribution in [0.1, 0.15) is 15.9 Å². The van der Waals surface area contributed by atoms with E-state index in [1.54, 1.807) is 25.2 Å². The zero-order valence-corrected chi connectivity index (χ0v) is 7.37. The van der Waals surface area contributed by atoms with Gasteiger partial charge in [-0.2, -0.15) is 5.26 Å². The molecule has 0 saturated carbocycles. The van der Waals surface area contributed by atoms with E-state index in [1.165, 1.54) is 0 Å². The van der Waals surface area contributed by atoms with E-state index in [-0.39, 0.29) is 5.91 Å². The molecule has 0 atom stereocenters. The predicted molar refractivity (Wildman–Crippen MR) is 49.1 cm³/mol. The summed E-state index contributed by atoms with van der Waals surface area (Å²) in [6.07, 6.45) is 0.338. The Hall–Kier alpha value is -1.82. The number of nitriles is 1. The van der Waals surface area contributed by atoms with Crippen molar-refractivity contribution in [3.63, 3.8) is 0 Å². The Morgan fingerprint density at radius 2 is 2.38 bits per heavy atom. The first kappa shape index (κ1) is 9.27. The molecule has 1 rings (SSSR count). The molecule has 0 saturated heterocycles. The quantitative estimate of drug-likeness (QED) is 0.730. The Labute approximate surface area is 77.0 Å². The van der Waals surface area contributed by atoms with Crippen molar-refractivity contribution in [1.82, 2.24) is 5.32 Å². The highest BCUT2D eigenvalue weighted by Crippen LogP contribution is 2.05. The Bertz CT molecular complexity index is 352. The van der Waals surface area contributed by atoms with Gasteiger partial charge in [0.1, 0.15) is 0 Å². The van der Waals surface area contributed by atoms with Crippen LogP contribution in [0.2, 0.25) is 0 Å². The van der Waals surface area contributed by atoms with Gasteiger partial charge in [0.2, 0.25) is 0 Å². The van der Waals surface area contributed by atoms with E-state index in [1.807, 2.05) is 12.1 Å². The third-order valence-corrected chi connectivity index (χ3v) is 1.70. The number of nitrogens with one attached hydrogen (secondary N) is 1. The van der Waals surface area contributed by atoms with Crippen LogP contribution in [0.5, 0.6) is 0 Å². The van der Waals surface area contributed by atoms with Gasteiger partial charge in [-0.25, -0.2) is 0 Å². The molecule has 0 aliphatic carbocycles. The third-order valence-electron chi connectivity index (χ3n) is 1.70. The van der Waals surface area contributed by atoms with Crippen molar-refractivity contribution in [3.05, 3.63) is 35.4 Å². The van der Waals surface area contributed by atoms with E-state index in [0.29, 0.717) is 12.0 Å². The molecular weight excluding hydrogens is 164 g/mol. The molecule has 1 amide bonds. The van der Waals surface area contributed by atoms with Crippen molar-refractivity contribution < 1.29 is 4.79 Å². The van der Waals surface area contributed by atoms with Crippen LogP contribution in [-0.4, -0.2) is 13.0 Å². The van der Waals surface area contributed by atoms with Crippen molar-refractivity contribution >= 4 is 5.91 Å². The second-order valence-electron chi connectivity index (χ2n) is 2.61. The molecule has 0 aliphatic rings. The molecule has 1 aromatic carbocycles. The number of rotatable bonds is 2. The molecule has 3 heteroatoms. The van der Waals surface area contributed by atoms with Gasteiger partial charge in [-0.15, -0.1) is 0 Å². The van der Waals surface area contributed by atoms with Crippen LogP contribution in [0.15, 0.2) is 24.3 Å². The van der Waals surface area contributed by atoms with E-state index >= 15 is 0 Å². The average molecular weight is 174 g/mol. The minimum atomic E-state index is -0.125. The summed E-state index contributed by atoms with van der Waals surface area (Å²) in [6.45, 7) is 0. The zero-order chi connectivity index (χ0) is 9.68. The van der Waals surface area contributed by atoms with Gasteiger partial charge in [0.15, 0.2) is 0 Å². The molecule has 0 unspecified atom stereocenters. The van der Waals surface area contributed by atoms with Crippen molar-refractivity contribution in [1.29, 1.82) is 5.26 Å². The molecule has 3 nitrogen and oxygen atoms in total. The van der Waals surface area contributed by atoms with E-state index in [0.717, 1.165) is 5.56 Å². The number of carbonyl (C=O) groups excluding carboxylic acids is 1. The molecule has 0 bridgehead atoms. The van der Waals surface area contributed by atoms with E-state index in [2.05, 4.69) is 5.32 Å². The molecule has 13 heavy (non-hydrogen) atoms. The summed E-state index contributed by atoms with van der Waals surface area (Å²) in [6, 6.07) is 9.09. The first-order chi connectivity index (χ1) is 6.27. The van der Waals surface area contributed by atoms with Crippen molar-refractivity contribution in [2.45, 2.75) is 6.42 Å². The molecule has 0 fully saturated rings. The maximum absolute atomic E-state index is 11.2. The maximum atomic E-state index is 11.2. The summed E-state index contributed by atoms with van der Waals surface area (Å²) in [5.74, 6) is -0.125. The number of amides is 1. The van der Waals surface area contributed by atoms with Crippen molar-refractivity contribution in [2.24, 2.45) is 0 Å². The maximum Gasteiger partial charge on any atom is 0.251 e. The van der Waals surface area contributed by atoms with Crippen LogP contribution in [0.25, 0.3) is 0 Å². The number of hydrogen-bond donors (Lipinski definition) is 1. The Morgan fingerprint density at radius 3 is 3.00 bits per heavy atom. The highest BCUT2D eigenvalue weighted by atomic mass is 16.1. The molecule has 0 spiro atoms. The monoisotopic (exact) mass is 174 g/mol. The number of benzene rings is 1. The summed E-state index contributed by atoms with van der Waals surface area (Å²) in [5.41, 5.74) is 1.46. The summed E-state index contributed by atoms with van der Waals surface area (Å²) in [5, 5.41) is 11.0. The van der Waals surface area contributed by atoms with Crippen LogP contribution in [0.4, 0.5) is 0 Å². The zero-order valence-electron chi connectivity index (χ0n) is 7.37. The van der Waals surface area contributed by atoms with Gasteiger partial charge < -0.3 is 5.32 Å². The van der Waals surface area contributed by atoms with Gasteiger partial charge in [-0.05, 0) is 17.7 Å². The van der Waals surface area contributed by atoms with Gasteiger partial charge in [-0.1, -0.05) is 12.1 Å². The molecule has 66 valence electrons. The first-order valence-electron chi connectivity index (χ1n) is 3.96. The molecule has 0 heterocycles. The van der Waals surface area contributed by atoms with Crippen LogP contribution in [-0.2, 0) is 6.42 Å². The topological polar surface area (TPSA) is 52.9 Å². The summed E-state index contributed by atoms with van der Waals surface area (Å²) < 4.78 is 0. The van der Waals surface area contributed by atoms with E-state index < -0.39 is 0 Å². The van der Waals surface area contributed by atoms with Crippen molar-refractivity contribution in [3.8, 4) is 6.07 Å². The van der Waals surface area contributed by atoms with Gasteiger partial charge >= 0.3 is 0 Å². The number of nitrogens with zero attached hydrogens (tertiary/aromatic N) is 1.